The van der Waals surface area contributed by atoms with Gasteiger partial charge in [-0.25, -0.2) is 15.0 Å². The van der Waals surface area contributed by atoms with Gasteiger partial charge in [0.1, 0.15) is 11.2 Å². The molecule has 0 saturated heterocycles. The van der Waals surface area contributed by atoms with E-state index in [0.717, 1.165) is 94.1 Å². The van der Waals surface area contributed by atoms with Crippen molar-refractivity contribution < 1.29 is 4.42 Å². The minimum absolute atomic E-state index is 0.604. The van der Waals surface area contributed by atoms with Crippen LogP contribution in [0.25, 0.3) is 111 Å². The maximum Gasteiger partial charge on any atom is 0.164 e. The van der Waals surface area contributed by atoms with Gasteiger partial charge in [0, 0.05) is 43.6 Å². The van der Waals surface area contributed by atoms with E-state index < -0.39 is 0 Å². The molecule has 11 rings (SSSR count). The van der Waals surface area contributed by atoms with Crippen molar-refractivity contribution in [3.05, 3.63) is 200 Å². The van der Waals surface area contributed by atoms with E-state index in [1.807, 2.05) is 24.3 Å². The van der Waals surface area contributed by atoms with Crippen LogP contribution in [-0.2, 0) is 0 Å². The number of hydrogen-bond acceptors (Lipinski definition) is 4. The Morgan fingerprint density at radius 1 is 0.316 bits per heavy atom. The number of nitrogens with zero attached hydrogens (tertiary/aromatic N) is 3. The third kappa shape index (κ3) is 5.74. The van der Waals surface area contributed by atoms with Crippen LogP contribution in [0.3, 0.4) is 0 Å². The number of rotatable bonds is 6. The summed E-state index contributed by atoms with van der Waals surface area (Å²) in [5.41, 5.74) is 13.7. The van der Waals surface area contributed by atoms with Gasteiger partial charge in [-0.05, 0) is 46.5 Å². The van der Waals surface area contributed by atoms with Crippen molar-refractivity contribution in [2.75, 3.05) is 0 Å². The molecule has 0 aliphatic rings. The lowest BCUT2D eigenvalue weighted by atomic mass is 9.97. The van der Waals surface area contributed by atoms with Crippen LogP contribution in [0.5, 0.6) is 0 Å². The fourth-order valence-corrected chi connectivity index (χ4v) is 8.07. The Labute approximate surface area is 329 Å². The minimum Gasteiger partial charge on any atom is -0.455 e. The lowest BCUT2D eigenvalue weighted by Gasteiger charge is -2.11. The first kappa shape index (κ1) is 32.7. The molecule has 0 radical (unpaired) electrons. The summed E-state index contributed by atoms with van der Waals surface area (Å²) in [6.45, 7) is 0. The molecule has 3 aromatic heterocycles. The van der Waals surface area contributed by atoms with E-state index in [-0.39, 0.29) is 0 Å². The number of benzene rings is 8. The van der Waals surface area contributed by atoms with Crippen LogP contribution >= 0.6 is 0 Å². The van der Waals surface area contributed by atoms with Crippen molar-refractivity contribution in [2.45, 2.75) is 0 Å². The average molecular weight is 728 g/mol. The third-order valence-corrected chi connectivity index (χ3v) is 10.9. The Hall–Kier alpha value is -7.69. The Kier molecular flexibility index (Phi) is 7.78. The molecule has 0 unspecified atom stereocenters. The molecule has 0 atom stereocenters. The van der Waals surface area contributed by atoms with Crippen LogP contribution in [0.15, 0.2) is 205 Å². The van der Waals surface area contributed by atoms with E-state index in [1.54, 1.807) is 0 Å². The van der Waals surface area contributed by atoms with E-state index >= 15 is 0 Å². The van der Waals surface area contributed by atoms with Crippen LogP contribution in [0.1, 0.15) is 0 Å². The fourth-order valence-electron chi connectivity index (χ4n) is 8.07. The highest BCUT2D eigenvalue weighted by atomic mass is 16.3. The van der Waals surface area contributed by atoms with Gasteiger partial charge in [0.05, 0.1) is 28.2 Å². The number of fused-ring (bicyclic) bond motifs is 7. The molecular weight excluding hydrogens is 695 g/mol. The van der Waals surface area contributed by atoms with Gasteiger partial charge in [-0.2, -0.15) is 0 Å². The maximum absolute atomic E-state index is 7.06. The standard InChI is InChI=1S/C53H33N3O/c1-4-13-34(14-5-1)36-23-27-38(28-24-36)47-33-48(39-29-25-37(26-30-39)35-15-6-2-7-16-35)56-53(55-47)45-21-12-20-41-42-31-32-44-49(52(42)57-51(41)45)43-19-10-11-22-46(43)54-50(44)40-17-8-3-9-18-40/h1-33H. The summed E-state index contributed by atoms with van der Waals surface area (Å²) in [5.74, 6) is 0.604. The zero-order valence-electron chi connectivity index (χ0n) is 30.8. The molecule has 0 spiro atoms. The Morgan fingerprint density at radius 3 is 1.40 bits per heavy atom. The Morgan fingerprint density at radius 2 is 0.789 bits per heavy atom. The summed E-state index contributed by atoms with van der Waals surface area (Å²) in [7, 11) is 0. The van der Waals surface area contributed by atoms with Gasteiger partial charge in [0.25, 0.3) is 0 Å². The number of furan rings is 1. The second-order valence-corrected chi connectivity index (χ2v) is 14.3. The fraction of sp³-hybridized carbons (Fsp3) is 0. The van der Waals surface area contributed by atoms with E-state index in [2.05, 4.69) is 176 Å². The molecule has 0 aliphatic carbocycles. The average Bonchev–Trinajstić information content (AvgIpc) is 3.69. The minimum atomic E-state index is 0.604. The second-order valence-electron chi connectivity index (χ2n) is 14.3. The van der Waals surface area contributed by atoms with E-state index in [4.69, 9.17) is 19.4 Å². The number of para-hydroxylation sites is 2. The summed E-state index contributed by atoms with van der Waals surface area (Å²) < 4.78 is 7.06. The first-order valence-electron chi connectivity index (χ1n) is 19.2. The zero-order chi connectivity index (χ0) is 37.7. The van der Waals surface area contributed by atoms with E-state index in [1.165, 1.54) is 11.1 Å². The topological polar surface area (TPSA) is 51.8 Å². The lowest BCUT2D eigenvalue weighted by molar-refractivity contribution is 0.673. The Bertz CT molecular complexity index is 3150. The highest BCUT2D eigenvalue weighted by Crippen LogP contribution is 2.43. The highest BCUT2D eigenvalue weighted by molar-refractivity contribution is 6.25. The molecule has 0 amide bonds. The summed E-state index contributed by atoms with van der Waals surface area (Å²) in [5, 5.41) is 5.20. The van der Waals surface area contributed by atoms with Crippen molar-refractivity contribution in [1.29, 1.82) is 0 Å². The molecule has 3 heterocycles. The maximum atomic E-state index is 7.06. The van der Waals surface area contributed by atoms with Gasteiger partial charge in [-0.3, -0.25) is 0 Å². The monoisotopic (exact) mass is 727 g/mol. The molecule has 4 nitrogen and oxygen atoms in total. The summed E-state index contributed by atoms with van der Waals surface area (Å²) in [6.07, 6.45) is 0. The molecule has 0 fully saturated rings. The van der Waals surface area contributed by atoms with Gasteiger partial charge in [-0.1, -0.05) is 176 Å². The SMILES string of the molecule is c1ccc(-c2ccc(-c3cc(-c4ccc(-c5ccccc5)cc4)nc(-c4cccc5c4oc4c5ccc5c(-c6ccccc6)nc6ccccc6c54)n3)cc2)cc1. The van der Waals surface area contributed by atoms with Crippen molar-refractivity contribution in [1.82, 2.24) is 15.0 Å². The van der Waals surface area contributed by atoms with Crippen LogP contribution in [0, 0.1) is 0 Å². The molecule has 4 heteroatoms. The second kappa shape index (κ2) is 13.6. The van der Waals surface area contributed by atoms with Gasteiger partial charge in [0.15, 0.2) is 5.82 Å². The summed E-state index contributed by atoms with van der Waals surface area (Å²) >= 11 is 0. The zero-order valence-corrected chi connectivity index (χ0v) is 30.8. The third-order valence-electron chi connectivity index (χ3n) is 10.9. The molecule has 8 aromatic carbocycles. The van der Waals surface area contributed by atoms with Crippen molar-refractivity contribution in [2.24, 2.45) is 0 Å². The lowest BCUT2D eigenvalue weighted by Crippen LogP contribution is -1.96. The molecule has 0 N–H and O–H groups in total. The number of hydrogen-bond donors (Lipinski definition) is 0. The quantitative estimate of drug-likeness (QED) is 0.160. The van der Waals surface area contributed by atoms with E-state index in [0.29, 0.717) is 5.82 Å². The first-order valence-corrected chi connectivity index (χ1v) is 19.2. The van der Waals surface area contributed by atoms with Gasteiger partial charge >= 0.3 is 0 Å². The molecule has 57 heavy (non-hydrogen) atoms. The molecular formula is C53H33N3O. The van der Waals surface area contributed by atoms with E-state index in [9.17, 15) is 0 Å². The van der Waals surface area contributed by atoms with Gasteiger partial charge in [0.2, 0.25) is 0 Å². The molecule has 0 saturated carbocycles. The van der Waals surface area contributed by atoms with Crippen LogP contribution in [0.2, 0.25) is 0 Å². The van der Waals surface area contributed by atoms with Gasteiger partial charge in [-0.15, -0.1) is 0 Å². The normalized spacial score (nSPS) is 11.5. The number of pyridine rings is 1. The predicted molar refractivity (Wildman–Crippen MR) is 235 cm³/mol. The van der Waals surface area contributed by atoms with Crippen molar-refractivity contribution in [3.8, 4) is 67.4 Å². The highest BCUT2D eigenvalue weighted by Gasteiger charge is 2.21. The van der Waals surface area contributed by atoms with Crippen molar-refractivity contribution >= 4 is 43.6 Å². The van der Waals surface area contributed by atoms with Crippen LogP contribution < -0.4 is 0 Å². The van der Waals surface area contributed by atoms with Crippen LogP contribution in [-0.4, -0.2) is 15.0 Å². The predicted octanol–water partition coefficient (Wildman–Crippen LogP) is 14.1. The molecule has 266 valence electrons. The smallest absolute Gasteiger partial charge is 0.164 e. The summed E-state index contributed by atoms with van der Waals surface area (Å²) in [6, 6.07) is 69.6. The van der Waals surface area contributed by atoms with Crippen molar-refractivity contribution in [3.63, 3.8) is 0 Å². The number of aromatic nitrogens is 3. The largest absolute Gasteiger partial charge is 0.455 e. The first-order chi connectivity index (χ1) is 28.2. The Balaban J connectivity index is 1.12. The van der Waals surface area contributed by atoms with Gasteiger partial charge < -0.3 is 4.42 Å². The van der Waals surface area contributed by atoms with Crippen LogP contribution in [0.4, 0.5) is 0 Å². The molecule has 11 aromatic rings. The summed E-state index contributed by atoms with van der Waals surface area (Å²) in [4.78, 5) is 15.7. The molecule has 0 aliphatic heterocycles. The molecule has 0 bridgehead atoms.